The fourth-order valence-electron chi connectivity index (χ4n) is 5.34. The van der Waals surface area contributed by atoms with E-state index in [0.29, 0.717) is 5.41 Å². The highest BCUT2D eigenvalue weighted by molar-refractivity contribution is 5.16. The molecule has 0 heteroatoms. The summed E-state index contributed by atoms with van der Waals surface area (Å²) in [4.78, 5) is 0. The van der Waals surface area contributed by atoms with Crippen molar-refractivity contribution in [3.63, 3.8) is 0 Å². The molecule has 0 aromatic heterocycles. The van der Waals surface area contributed by atoms with E-state index in [4.69, 9.17) is 0 Å². The number of hydrogen-bond acceptors (Lipinski definition) is 0. The Kier molecular flexibility index (Phi) is 1.70. The van der Waals surface area contributed by atoms with Crippen molar-refractivity contribution in [2.45, 2.75) is 47.0 Å². The molecule has 0 aromatic rings. The predicted octanol–water partition coefficient (Wildman–Crippen LogP) is 3.96. The van der Waals surface area contributed by atoms with Crippen molar-refractivity contribution in [1.29, 1.82) is 0 Å². The first-order valence-electron chi connectivity index (χ1n) is 6.53. The van der Waals surface area contributed by atoms with Crippen molar-refractivity contribution >= 4 is 0 Å². The minimum Gasteiger partial charge on any atom is -0.0625 e. The highest BCUT2D eigenvalue weighted by Crippen LogP contribution is 2.74. The van der Waals surface area contributed by atoms with Crippen molar-refractivity contribution in [3.05, 3.63) is 0 Å². The third-order valence-corrected chi connectivity index (χ3v) is 5.75. The molecule has 0 aromatic carbocycles. The third kappa shape index (κ3) is 0.955. The lowest BCUT2D eigenvalue weighted by Crippen LogP contribution is -2.25. The summed E-state index contributed by atoms with van der Waals surface area (Å²) in [5.41, 5.74) is 0.703. The summed E-state index contributed by atoms with van der Waals surface area (Å²) in [6, 6.07) is 0. The van der Waals surface area contributed by atoms with Gasteiger partial charge in [0.1, 0.15) is 0 Å². The summed E-state index contributed by atoms with van der Waals surface area (Å²) in [6.45, 7) is 9.96. The summed E-state index contributed by atoms with van der Waals surface area (Å²) < 4.78 is 0. The van der Waals surface area contributed by atoms with Gasteiger partial charge in [-0.1, -0.05) is 27.7 Å². The molecule has 3 aliphatic carbocycles. The van der Waals surface area contributed by atoms with Gasteiger partial charge in [0.05, 0.1) is 0 Å². The van der Waals surface area contributed by atoms with Crippen molar-refractivity contribution in [3.8, 4) is 0 Å². The highest BCUT2D eigenvalue weighted by atomic mass is 14.7. The van der Waals surface area contributed by atoms with E-state index < -0.39 is 0 Å². The van der Waals surface area contributed by atoms with E-state index in [0.717, 1.165) is 35.5 Å². The molecule has 0 nitrogen and oxygen atoms in total. The minimum atomic E-state index is 0.703. The molecule has 2 bridgehead atoms. The lowest BCUT2D eigenvalue weighted by molar-refractivity contribution is 0.169. The molecule has 3 fully saturated rings. The van der Waals surface area contributed by atoms with Crippen molar-refractivity contribution in [2.75, 3.05) is 0 Å². The molecule has 0 heterocycles. The molecule has 3 rings (SSSR count). The second kappa shape index (κ2) is 2.57. The number of rotatable bonds is 1. The Hall–Kier alpha value is 0. The van der Waals surface area contributed by atoms with Crippen LogP contribution in [0.3, 0.4) is 0 Å². The van der Waals surface area contributed by atoms with E-state index in [1.165, 1.54) is 0 Å². The van der Waals surface area contributed by atoms with Gasteiger partial charge in [-0.15, -0.1) is 0 Å². The Morgan fingerprint density at radius 2 is 1.64 bits per heavy atom. The predicted molar refractivity (Wildman–Crippen MR) is 59.9 cm³/mol. The maximum atomic E-state index is 2.53. The first-order valence-corrected chi connectivity index (χ1v) is 6.53. The van der Waals surface area contributed by atoms with Gasteiger partial charge in [-0.2, -0.15) is 0 Å². The molecule has 0 amide bonds. The monoisotopic (exact) mass is 192 g/mol. The molecule has 5 atom stereocenters. The van der Waals surface area contributed by atoms with Gasteiger partial charge in [0.15, 0.2) is 0 Å². The van der Waals surface area contributed by atoms with Crippen LogP contribution < -0.4 is 0 Å². The molecule has 0 aliphatic heterocycles. The molecule has 0 radical (unpaired) electrons. The molecule has 14 heavy (non-hydrogen) atoms. The normalized spacial score (nSPS) is 53.4. The summed E-state index contributed by atoms with van der Waals surface area (Å²) in [6.07, 6.45) is 4.68. The summed E-state index contributed by atoms with van der Waals surface area (Å²) in [5, 5.41) is 0. The van der Waals surface area contributed by atoms with Gasteiger partial charge in [-0.05, 0) is 60.2 Å². The largest absolute Gasteiger partial charge is 0.0625 e. The average Bonchev–Trinajstić information content (AvgIpc) is 2.50. The Balaban J connectivity index is 1.92. The van der Waals surface area contributed by atoms with Crippen molar-refractivity contribution in [1.82, 2.24) is 0 Å². The summed E-state index contributed by atoms with van der Waals surface area (Å²) >= 11 is 0. The standard InChI is InChI=1S/C14H24/c1-8(2)11-9-5-6-10(7-9)12-13(11)14(12,3)4/h8-13H,5-7H2,1-4H3. The fraction of sp³-hybridized carbons (Fsp3) is 1.00. The van der Waals surface area contributed by atoms with Crippen LogP contribution in [0.5, 0.6) is 0 Å². The minimum absolute atomic E-state index is 0.703. The van der Waals surface area contributed by atoms with E-state index in [9.17, 15) is 0 Å². The van der Waals surface area contributed by atoms with Crippen molar-refractivity contribution in [2.24, 2.45) is 40.9 Å². The quantitative estimate of drug-likeness (QED) is 0.590. The van der Waals surface area contributed by atoms with Crippen LogP contribution in [0.15, 0.2) is 0 Å². The maximum absolute atomic E-state index is 2.53. The molecule has 0 N–H and O–H groups in total. The molecule has 3 aliphatic rings. The van der Waals surface area contributed by atoms with E-state index in [1.54, 1.807) is 19.3 Å². The number of hydrogen-bond donors (Lipinski definition) is 0. The van der Waals surface area contributed by atoms with Crippen LogP contribution in [-0.2, 0) is 0 Å². The fourth-order valence-corrected chi connectivity index (χ4v) is 5.34. The van der Waals surface area contributed by atoms with Gasteiger partial charge < -0.3 is 0 Å². The topological polar surface area (TPSA) is 0 Å². The lowest BCUT2D eigenvalue weighted by Gasteiger charge is -2.31. The first kappa shape index (κ1) is 9.24. The second-order valence-electron chi connectivity index (χ2n) is 7.03. The molecule has 5 unspecified atom stereocenters. The van der Waals surface area contributed by atoms with Gasteiger partial charge in [0.2, 0.25) is 0 Å². The van der Waals surface area contributed by atoms with Gasteiger partial charge in [0.25, 0.3) is 0 Å². The van der Waals surface area contributed by atoms with Crippen LogP contribution in [-0.4, -0.2) is 0 Å². The number of fused-ring (bicyclic) bond motifs is 4. The second-order valence-corrected chi connectivity index (χ2v) is 7.03. The van der Waals surface area contributed by atoms with Crippen LogP contribution >= 0.6 is 0 Å². The lowest BCUT2D eigenvalue weighted by atomic mass is 9.74. The average molecular weight is 192 g/mol. The van der Waals surface area contributed by atoms with Gasteiger partial charge in [-0.25, -0.2) is 0 Å². The molecule has 80 valence electrons. The first-order chi connectivity index (χ1) is 6.53. The smallest absolute Gasteiger partial charge is 0.0286 e. The summed E-state index contributed by atoms with van der Waals surface area (Å²) in [5.74, 6) is 6.41. The zero-order valence-electron chi connectivity index (χ0n) is 10.1. The van der Waals surface area contributed by atoms with E-state index in [-0.39, 0.29) is 0 Å². The maximum Gasteiger partial charge on any atom is -0.0286 e. The highest BCUT2D eigenvalue weighted by Gasteiger charge is 2.68. The zero-order valence-corrected chi connectivity index (χ0v) is 10.1. The Bertz CT molecular complexity index is 251. The van der Waals surface area contributed by atoms with Gasteiger partial charge in [-0.3, -0.25) is 0 Å². The Morgan fingerprint density at radius 3 is 2.29 bits per heavy atom. The molecular weight excluding hydrogens is 168 g/mol. The Morgan fingerprint density at radius 1 is 1.00 bits per heavy atom. The van der Waals surface area contributed by atoms with E-state index in [2.05, 4.69) is 27.7 Å². The van der Waals surface area contributed by atoms with Gasteiger partial charge >= 0.3 is 0 Å². The van der Waals surface area contributed by atoms with Crippen LogP contribution in [0.1, 0.15) is 47.0 Å². The van der Waals surface area contributed by atoms with Crippen LogP contribution in [0.25, 0.3) is 0 Å². The molecule has 0 spiro atoms. The van der Waals surface area contributed by atoms with Gasteiger partial charge in [0, 0.05) is 0 Å². The van der Waals surface area contributed by atoms with Crippen LogP contribution in [0.2, 0.25) is 0 Å². The Labute approximate surface area is 88.5 Å². The molecular formula is C14H24. The van der Waals surface area contributed by atoms with Crippen LogP contribution in [0.4, 0.5) is 0 Å². The third-order valence-electron chi connectivity index (χ3n) is 5.75. The molecule has 3 saturated carbocycles. The van der Waals surface area contributed by atoms with Crippen LogP contribution in [0, 0.1) is 40.9 Å². The molecule has 0 saturated heterocycles. The zero-order chi connectivity index (χ0) is 10.1. The van der Waals surface area contributed by atoms with E-state index >= 15 is 0 Å². The SMILES string of the molecule is CC(C)C1C2CCC(C2)C2C1C2(C)C. The summed E-state index contributed by atoms with van der Waals surface area (Å²) in [7, 11) is 0. The van der Waals surface area contributed by atoms with Crippen molar-refractivity contribution < 1.29 is 0 Å². The van der Waals surface area contributed by atoms with E-state index in [1.807, 2.05) is 0 Å².